The maximum absolute atomic E-state index is 11.7. The summed E-state index contributed by atoms with van der Waals surface area (Å²) >= 11 is 4.77. The molecule has 1 radical (unpaired) electrons. The normalized spacial score (nSPS) is 10.3. The van der Waals surface area contributed by atoms with Crippen LogP contribution in [0.2, 0.25) is 0 Å². The fourth-order valence-electron chi connectivity index (χ4n) is 1.48. The van der Waals surface area contributed by atoms with E-state index in [9.17, 15) is 4.79 Å². The van der Waals surface area contributed by atoms with Crippen molar-refractivity contribution >= 4 is 29.4 Å². The van der Waals surface area contributed by atoms with Gasteiger partial charge in [-0.25, -0.2) is 0 Å². The van der Waals surface area contributed by atoms with E-state index in [1.54, 1.807) is 12.3 Å². The fraction of sp³-hybridized carbons (Fsp3) is 0.167. The number of nitrogens with one attached hydrogen (secondary N) is 1. The molecule has 0 saturated heterocycles. The molecule has 0 aliphatic rings. The molecular formula is C12H11N2OS. The van der Waals surface area contributed by atoms with Crippen molar-refractivity contribution in [3.05, 3.63) is 42.1 Å². The molecule has 0 aliphatic heterocycles. The van der Waals surface area contributed by atoms with Gasteiger partial charge in [0.15, 0.2) is 0 Å². The van der Waals surface area contributed by atoms with Crippen molar-refractivity contribution in [1.82, 2.24) is 10.3 Å². The largest absolute Gasteiger partial charge is 0.351 e. The van der Waals surface area contributed by atoms with Gasteiger partial charge in [-0.1, -0.05) is 18.7 Å². The summed E-state index contributed by atoms with van der Waals surface area (Å²) < 4.78 is 0. The molecule has 3 nitrogen and oxygen atoms in total. The molecule has 1 heterocycles. The monoisotopic (exact) mass is 231 g/mol. The van der Waals surface area contributed by atoms with Gasteiger partial charge in [0, 0.05) is 29.4 Å². The molecule has 2 rings (SSSR count). The average Bonchev–Trinajstić information content (AvgIpc) is 2.35. The second-order valence-electron chi connectivity index (χ2n) is 3.37. The zero-order valence-corrected chi connectivity index (χ0v) is 9.46. The topological polar surface area (TPSA) is 42.0 Å². The number of carbonyl (C=O) groups is 1. The van der Waals surface area contributed by atoms with Crippen molar-refractivity contribution in [3.63, 3.8) is 0 Å². The number of fused-ring (bicyclic) bond motifs is 1. The second-order valence-corrected chi connectivity index (χ2v) is 3.78. The van der Waals surface area contributed by atoms with Crippen LogP contribution in [0.5, 0.6) is 0 Å². The summed E-state index contributed by atoms with van der Waals surface area (Å²) in [6.45, 7) is 0.527. The number of rotatable bonds is 3. The molecule has 1 aromatic heterocycles. The van der Waals surface area contributed by atoms with Crippen molar-refractivity contribution in [2.24, 2.45) is 0 Å². The van der Waals surface area contributed by atoms with Crippen molar-refractivity contribution in [2.45, 2.75) is 0 Å². The van der Waals surface area contributed by atoms with Crippen molar-refractivity contribution in [1.29, 1.82) is 0 Å². The Hall–Kier alpha value is -1.55. The van der Waals surface area contributed by atoms with E-state index < -0.39 is 0 Å². The molecule has 0 saturated carbocycles. The Morgan fingerprint density at radius 2 is 2.25 bits per heavy atom. The van der Waals surface area contributed by atoms with Gasteiger partial charge >= 0.3 is 0 Å². The van der Waals surface area contributed by atoms with Gasteiger partial charge in [0.2, 0.25) is 0 Å². The molecule has 1 N–H and O–H groups in total. The Morgan fingerprint density at radius 3 is 3.06 bits per heavy atom. The predicted octanol–water partition coefficient (Wildman–Crippen LogP) is 2.16. The quantitative estimate of drug-likeness (QED) is 0.879. The molecule has 1 aromatic carbocycles. The number of amides is 1. The summed E-state index contributed by atoms with van der Waals surface area (Å²) in [7, 11) is 0. The zero-order valence-electron chi connectivity index (χ0n) is 8.64. The Balaban J connectivity index is 2.28. The van der Waals surface area contributed by atoms with Gasteiger partial charge in [0.25, 0.3) is 5.91 Å². The highest BCUT2D eigenvalue weighted by atomic mass is 32.1. The number of aromatic nitrogens is 1. The first-order valence-electron chi connectivity index (χ1n) is 5.02. The third-order valence-corrected chi connectivity index (χ3v) is 2.46. The summed E-state index contributed by atoms with van der Waals surface area (Å²) in [5, 5.41) is 3.72. The first kappa shape index (κ1) is 11.0. The Kier molecular flexibility index (Phi) is 3.41. The minimum absolute atomic E-state index is 0.0874. The van der Waals surface area contributed by atoms with Gasteiger partial charge in [0.05, 0.1) is 5.52 Å². The first-order chi connectivity index (χ1) is 7.81. The Bertz CT molecular complexity index is 513. The molecular weight excluding hydrogens is 220 g/mol. The van der Waals surface area contributed by atoms with Gasteiger partial charge in [0.1, 0.15) is 0 Å². The minimum atomic E-state index is -0.0874. The first-order valence-corrected chi connectivity index (χ1v) is 5.60. The lowest BCUT2D eigenvalue weighted by molar-refractivity contribution is 0.0956. The van der Waals surface area contributed by atoms with Crippen LogP contribution in [-0.2, 0) is 0 Å². The minimum Gasteiger partial charge on any atom is -0.351 e. The summed E-state index contributed by atoms with van der Waals surface area (Å²) in [5.74, 6) is 0.441. The van der Waals surface area contributed by atoms with Crippen molar-refractivity contribution < 1.29 is 4.79 Å². The summed E-state index contributed by atoms with van der Waals surface area (Å²) in [5.41, 5.74) is 1.53. The zero-order chi connectivity index (χ0) is 11.4. The number of pyridine rings is 1. The van der Waals surface area contributed by atoms with Gasteiger partial charge in [-0.3, -0.25) is 9.78 Å². The summed E-state index contributed by atoms with van der Waals surface area (Å²) in [6, 6.07) is 9.24. The van der Waals surface area contributed by atoms with Crippen LogP contribution in [-0.4, -0.2) is 23.2 Å². The molecule has 0 bridgehead atoms. The van der Waals surface area contributed by atoms with Crippen LogP contribution in [0.1, 0.15) is 10.4 Å². The number of carbonyl (C=O) groups excluding carboxylic acids is 1. The molecule has 2 aromatic rings. The van der Waals surface area contributed by atoms with Crippen LogP contribution in [0.25, 0.3) is 10.9 Å². The van der Waals surface area contributed by atoms with E-state index in [4.69, 9.17) is 12.6 Å². The molecule has 0 fully saturated rings. The molecule has 0 aliphatic carbocycles. The van der Waals surface area contributed by atoms with E-state index in [-0.39, 0.29) is 5.91 Å². The molecule has 0 atom stereocenters. The van der Waals surface area contributed by atoms with E-state index in [2.05, 4.69) is 10.3 Å². The maximum Gasteiger partial charge on any atom is 0.251 e. The fourth-order valence-corrected chi connectivity index (χ4v) is 1.59. The number of hydrogen-bond acceptors (Lipinski definition) is 2. The third-order valence-electron chi connectivity index (χ3n) is 2.25. The van der Waals surface area contributed by atoms with Crippen molar-refractivity contribution in [2.75, 3.05) is 12.3 Å². The SMILES string of the molecule is O=C(NCC[S])c1ccc2ncccc2c1. The average molecular weight is 231 g/mol. The Morgan fingerprint density at radius 1 is 1.38 bits per heavy atom. The van der Waals surface area contributed by atoms with E-state index in [1.807, 2.05) is 24.3 Å². The molecule has 16 heavy (non-hydrogen) atoms. The standard InChI is InChI=1S/C12H11N2OS/c15-12(14-6-7-16)10-3-4-11-9(8-10)2-1-5-13-11/h1-5,8H,6-7H2,(H,14,15). The van der Waals surface area contributed by atoms with Gasteiger partial charge in [-0.2, -0.15) is 0 Å². The Labute approximate surface area is 99.3 Å². The lowest BCUT2D eigenvalue weighted by Crippen LogP contribution is -2.25. The van der Waals surface area contributed by atoms with Crippen LogP contribution in [0.15, 0.2) is 36.5 Å². The number of benzene rings is 1. The predicted molar refractivity (Wildman–Crippen MR) is 66.5 cm³/mol. The van der Waals surface area contributed by atoms with Crippen LogP contribution in [0.4, 0.5) is 0 Å². The highest BCUT2D eigenvalue weighted by Gasteiger charge is 2.05. The van der Waals surface area contributed by atoms with Crippen LogP contribution in [0, 0.1) is 0 Å². The van der Waals surface area contributed by atoms with Crippen LogP contribution in [0.3, 0.4) is 0 Å². The number of nitrogens with zero attached hydrogens (tertiary/aromatic N) is 1. The highest BCUT2D eigenvalue weighted by molar-refractivity contribution is 7.80. The lowest BCUT2D eigenvalue weighted by Gasteiger charge is -2.04. The molecule has 0 spiro atoms. The highest BCUT2D eigenvalue weighted by Crippen LogP contribution is 2.13. The molecule has 1 amide bonds. The molecule has 81 valence electrons. The van der Waals surface area contributed by atoms with Crippen LogP contribution >= 0.6 is 12.6 Å². The van der Waals surface area contributed by atoms with E-state index in [0.29, 0.717) is 17.9 Å². The van der Waals surface area contributed by atoms with E-state index >= 15 is 0 Å². The lowest BCUT2D eigenvalue weighted by atomic mass is 10.1. The summed E-state index contributed by atoms with van der Waals surface area (Å²) in [4.78, 5) is 15.9. The van der Waals surface area contributed by atoms with Crippen LogP contribution < -0.4 is 5.32 Å². The molecule has 0 unspecified atom stereocenters. The second kappa shape index (κ2) is 4.99. The van der Waals surface area contributed by atoms with Gasteiger partial charge < -0.3 is 5.32 Å². The third kappa shape index (κ3) is 2.33. The summed E-state index contributed by atoms with van der Waals surface area (Å²) in [6.07, 6.45) is 1.74. The molecule has 4 heteroatoms. The maximum atomic E-state index is 11.7. The van der Waals surface area contributed by atoms with Gasteiger partial charge in [-0.05, 0) is 24.3 Å². The van der Waals surface area contributed by atoms with Gasteiger partial charge in [-0.15, -0.1) is 0 Å². The van der Waals surface area contributed by atoms with E-state index in [0.717, 1.165) is 10.9 Å². The number of hydrogen-bond donors (Lipinski definition) is 1. The van der Waals surface area contributed by atoms with E-state index in [1.165, 1.54) is 0 Å². The smallest absolute Gasteiger partial charge is 0.251 e. The van der Waals surface area contributed by atoms with Crippen molar-refractivity contribution in [3.8, 4) is 0 Å².